The lowest BCUT2D eigenvalue weighted by Crippen LogP contribution is -2.60. The van der Waals surface area contributed by atoms with Gasteiger partial charge in [-0.3, -0.25) is 4.79 Å². The van der Waals surface area contributed by atoms with Crippen LogP contribution in [-0.2, 0) is 14.3 Å². The van der Waals surface area contributed by atoms with Gasteiger partial charge in [-0.15, -0.1) is 0 Å². The van der Waals surface area contributed by atoms with E-state index in [1.54, 1.807) is 0 Å². The molecule has 0 amide bonds. The second-order valence-electron chi connectivity index (χ2n) is 4.82. The van der Waals surface area contributed by atoms with E-state index in [2.05, 4.69) is 11.3 Å². The highest BCUT2D eigenvalue weighted by Gasteiger charge is 2.81. The first-order chi connectivity index (χ1) is 11.2. The third-order valence-corrected chi connectivity index (χ3v) is 2.89. The first-order valence-corrected chi connectivity index (χ1v) is 6.79. The summed E-state index contributed by atoms with van der Waals surface area (Å²) in [7, 11) is 0. The Morgan fingerprint density at radius 3 is 1.88 bits per heavy atom. The van der Waals surface area contributed by atoms with Gasteiger partial charge in [0, 0.05) is 6.42 Å². The number of hydrogen-bond acceptors (Lipinski definition) is 3. The third kappa shape index (κ3) is 5.99. The van der Waals surface area contributed by atoms with Gasteiger partial charge in [-0.25, -0.2) is 0 Å². The van der Waals surface area contributed by atoms with Crippen molar-refractivity contribution in [2.45, 2.75) is 49.6 Å². The summed E-state index contributed by atoms with van der Waals surface area (Å²) in [6.45, 7) is 3.17. The molecule has 0 aromatic carbocycles. The van der Waals surface area contributed by atoms with Gasteiger partial charge in [0.05, 0.1) is 25.9 Å². The van der Waals surface area contributed by atoms with E-state index in [4.69, 9.17) is 4.74 Å². The van der Waals surface area contributed by atoms with Crippen molar-refractivity contribution in [2.75, 3.05) is 13.2 Å². The Morgan fingerprint density at radius 1 is 0.880 bits per heavy atom. The van der Waals surface area contributed by atoms with Crippen molar-refractivity contribution in [1.29, 1.82) is 0 Å². The van der Waals surface area contributed by atoms with Crippen LogP contribution in [0.5, 0.6) is 0 Å². The molecule has 0 aliphatic heterocycles. The number of hydrogen-bond donors (Lipinski definition) is 0. The Bertz CT molecular complexity index is 447. The summed E-state index contributed by atoms with van der Waals surface area (Å²) in [5, 5.41) is 0. The van der Waals surface area contributed by atoms with E-state index in [1.807, 2.05) is 0 Å². The topological polar surface area (TPSA) is 35.5 Å². The molecule has 0 radical (unpaired) electrons. The lowest BCUT2D eigenvalue weighted by molar-refractivity contribution is -0.396. The normalized spacial score (nSPS) is 13.5. The number of ether oxygens (including phenoxy) is 2. The van der Waals surface area contributed by atoms with Gasteiger partial charge in [-0.2, -0.15) is 39.5 Å². The van der Waals surface area contributed by atoms with Crippen LogP contribution in [-0.4, -0.2) is 43.1 Å². The predicted molar refractivity (Wildman–Crippen MR) is 66.5 cm³/mol. The lowest BCUT2D eigenvalue weighted by Gasteiger charge is -2.33. The fourth-order valence-electron chi connectivity index (χ4n) is 1.45. The summed E-state index contributed by atoms with van der Waals surface area (Å²) in [4.78, 5) is 11.1. The van der Waals surface area contributed by atoms with Gasteiger partial charge in [0.2, 0.25) is 0 Å². The van der Waals surface area contributed by atoms with Crippen LogP contribution in [0.15, 0.2) is 12.8 Å². The summed E-state index contributed by atoms with van der Waals surface area (Å²) < 4.78 is 122. The van der Waals surface area contributed by atoms with Gasteiger partial charge in [-0.05, 0) is 12.8 Å². The highest BCUT2D eigenvalue weighted by molar-refractivity contribution is 5.69. The number of unbranched alkanes of at least 4 members (excludes halogenated alkanes) is 1. The first-order valence-electron chi connectivity index (χ1n) is 6.79. The number of halogens is 9. The average Bonchev–Trinajstić information content (AvgIpc) is 2.47. The molecular weight excluding hydrogens is 375 g/mol. The molecule has 0 heterocycles. The summed E-state index contributed by atoms with van der Waals surface area (Å²) in [6.07, 6.45) is -8.83. The quantitative estimate of drug-likeness (QED) is 0.222. The van der Waals surface area contributed by atoms with Crippen molar-refractivity contribution >= 4 is 5.97 Å². The number of alkyl halides is 9. The van der Waals surface area contributed by atoms with Gasteiger partial charge in [0.15, 0.2) is 0 Å². The van der Waals surface area contributed by atoms with Crippen LogP contribution in [0, 0.1) is 0 Å². The maximum Gasteiger partial charge on any atom is 0.460 e. The van der Waals surface area contributed by atoms with Crippen LogP contribution in [0.3, 0.4) is 0 Å². The van der Waals surface area contributed by atoms with Crippen molar-refractivity contribution in [3.63, 3.8) is 0 Å². The number of rotatable bonds is 11. The largest absolute Gasteiger partial charge is 0.502 e. The van der Waals surface area contributed by atoms with E-state index in [0.717, 1.165) is 6.26 Å². The molecule has 0 rings (SSSR count). The van der Waals surface area contributed by atoms with E-state index in [0.29, 0.717) is 6.42 Å². The zero-order valence-corrected chi connectivity index (χ0v) is 12.7. The summed E-state index contributed by atoms with van der Waals surface area (Å²) in [5.74, 6) is -20.9. The molecule has 0 aromatic rings. The highest BCUT2D eigenvalue weighted by atomic mass is 19.4. The maximum absolute atomic E-state index is 13.2. The van der Waals surface area contributed by atoms with Crippen molar-refractivity contribution < 1.29 is 53.8 Å². The Morgan fingerprint density at radius 2 is 1.40 bits per heavy atom. The van der Waals surface area contributed by atoms with Gasteiger partial charge in [0.1, 0.15) is 0 Å². The molecule has 0 unspecified atom stereocenters. The third-order valence-electron chi connectivity index (χ3n) is 2.89. The molecule has 12 heteroatoms. The van der Waals surface area contributed by atoms with E-state index < -0.39 is 42.8 Å². The monoisotopic (exact) mass is 390 g/mol. The molecule has 0 aliphatic carbocycles. The van der Waals surface area contributed by atoms with Crippen molar-refractivity contribution in [2.24, 2.45) is 0 Å². The van der Waals surface area contributed by atoms with Crippen LogP contribution in [0.2, 0.25) is 0 Å². The molecule has 0 aliphatic rings. The Labute approximate surface area is 136 Å². The van der Waals surface area contributed by atoms with Gasteiger partial charge in [-0.1, -0.05) is 6.58 Å². The van der Waals surface area contributed by atoms with Crippen LogP contribution in [0.25, 0.3) is 0 Å². The Kier molecular flexibility index (Phi) is 8.09. The standard InChI is InChI=1S/C13H15F9O3/c1-2-24-7-3-4-8-25-9(23)5-6-10(14,15)11(16,17)12(18,19)13(20,21)22/h2H,1,3-8H2. The van der Waals surface area contributed by atoms with E-state index >= 15 is 0 Å². The zero-order valence-electron chi connectivity index (χ0n) is 12.7. The summed E-state index contributed by atoms with van der Waals surface area (Å²) >= 11 is 0. The SMILES string of the molecule is C=COCCCCOC(=O)CCC(F)(F)C(F)(F)C(F)(F)C(F)(F)F. The molecule has 0 saturated carbocycles. The van der Waals surface area contributed by atoms with Gasteiger partial charge < -0.3 is 9.47 Å². The fraction of sp³-hybridized carbons (Fsp3) is 0.769. The van der Waals surface area contributed by atoms with Crippen LogP contribution in [0.1, 0.15) is 25.7 Å². The van der Waals surface area contributed by atoms with E-state index in [-0.39, 0.29) is 19.6 Å². The molecule has 25 heavy (non-hydrogen) atoms. The summed E-state index contributed by atoms with van der Waals surface area (Å²) in [6, 6.07) is 0. The Hall–Kier alpha value is -1.62. The van der Waals surface area contributed by atoms with Crippen LogP contribution in [0.4, 0.5) is 39.5 Å². The number of esters is 1. The lowest BCUT2D eigenvalue weighted by atomic mass is 10.00. The minimum atomic E-state index is -6.96. The molecule has 0 bridgehead atoms. The molecule has 3 nitrogen and oxygen atoms in total. The Balaban J connectivity index is 4.56. The zero-order chi connectivity index (χ0) is 19.9. The molecule has 0 N–H and O–H groups in total. The number of carbonyl (C=O) groups excluding carboxylic acids is 1. The first kappa shape index (κ1) is 23.4. The molecule has 0 spiro atoms. The van der Waals surface area contributed by atoms with Crippen molar-refractivity contribution in [3.8, 4) is 0 Å². The molecule has 0 fully saturated rings. The van der Waals surface area contributed by atoms with Gasteiger partial charge >= 0.3 is 29.9 Å². The second kappa shape index (κ2) is 8.65. The van der Waals surface area contributed by atoms with E-state index in [1.165, 1.54) is 0 Å². The average molecular weight is 390 g/mol. The van der Waals surface area contributed by atoms with E-state index in [9.17, 15) is 44.3 Å². The second-order valence-corrected chi connectivity index (χ2v) is 4.82. The fourth-order valence-corrected chi connectivity index (χ4v) is 1.45. The molecular formula is C13H15F9O3. The minimum Gasteiger partial charge on any atom is -0.502 e. The van der Waals surface area contributed by atoms with Crippen LogP contribution >= 0.6 is 0 Å². The smallest absolute Gasteiger partial charge is 0.460 e. The molecule has 0 aromatic heterocycles. The highest BCUT2D eigenvalue weighted by Crippen LogP contribution is 2.54. The van der Waals surface area contributed by atoms with Crippen molar-refractivity contribution in [1.82, 2.24) is 0 Å². The molecule has 0 saturated heterocycles. The summed E-state index contributed by atoms with van der Waals surface area (Å²) in [5.41, 5.74) is 0. The number of carbonyl (C=O) groups is 1. The van der Waals surface area contributed by atoms with Crippen LogP contribution < -0.4 is 0 Å². The minimum absolute atomic E-state index is 0.220. The maximum atomic E-state index is 13.2. The van der Waals surface area contributed by atoms with Crippen molar-refractivity contribution in [3.05, 3.63) is 12.8 Å². The molecule has 0 atom stereocenters. The molecule has 148 valence electrons. The predicted octanol–water partition coefficient (Wildman–Crippen LogP) is 4.72. The van der Waals surface area contributed by atoms with Gasteiger partial charge in [0.25, 0.3) is 0 Å².